The van der Waals surface area contributed by atoms with Gasteiger partial charge in [0.05, 0.1) is 24.6 Å². The van der Waals surface area contributed by atoms with E-state index in [1.54, 1.807) is 24.6 Å². The number of nitrogens with zero attached hydrogens (tertiary/aromatic N) is 1. The number of thioether (sulfide) groups is 1. The number of benzene rings is 1. The molecule has 4 amide bonds. The van der Waals surface area contributed by atoms with Crippen molar-refractivity contribution in [2.24, 2.45) is 5.92 Å². The Kier molecular flexibility index (Phi) is 10.7. The molecule has 196 valence electrons. The highest BCUT2D eigenvalue weighted by Gasteiger charge is 2.39. The third-order valence-corrected chi connectivity index (χ3v) is 6.73. The number of amides is 4. The van der Waals surface area contributed by atoms with Gasteiger partial charge in [0.2, 0.25) is 33.7 Å². The van der Waals surface area contributed by atoms with Crippen LogP contribution >= 0.6 is 11.8 Å². The van der Waals surface area contributed by atoms with Crippen LogP contribution in [0.4, 0.5) is 0 Å². The van der Waals surface area contributed by atoms with Crippen LogP contribution in [-0.4, -0.2) is 79.2 Å². The van der Waals surface area contributed by atoms with Gasteiger partial charge in [-0.2, -0.15) is 0 Å². The minimum absolute atomic E-state index is 0.205. The van der Waals surface area contributed by atoms with Crippen LogP contribution in [0.15, 0.2) is 36.4 Å². The highest BCUT2D eigenvalue weighted by atomic mass is 32.2. The predicted octanol–water partition coefficient (Wildman–Crippen LogP) is -0.108. The van der Waals surface area contributed by atoms with Crippen LogP contribution < -0.4 is 15.4 Å². The van der Waals surface area contributed by atoms with Gasteiger partial charge in [0.25, 0.3) is 0 Å². The summed E-state index contributed by atoms with van der Waals surface area (Å²) in [5.41, 5.74) is 0.822. The van der Waals surface area contributed by atoms with Crippen molar-refractivity contribution in [3.05, 3.63) is 42.0 Å². The summed E-state index contributed by atoms with van der Waals surface area (Å²) >= 11 is 1.33. The van der Waals surface area contributed by atoms with Gasteiger partial charge in [-0.1, -0.05) is 44.2 Å². The van der Waals surface area contributed by atoms with E-state index in [0.29, 0.717) is 6.29 Å². The lowest BCUT2D eigenvalue weighted by Crippen LogP contribution is -2.56. The van der Waals surface area contributed by atoms with Gasteiger partial charge in [-0.3, -0.25) is 23.9 Å². The summed E-state index contributed by atoms with van der Waals surface area (Å²) < 4.78 is 24.1. The topological polar surface area (TPSA) is 159 Å². The fraction of sp³-hybridized carbons (Fsp3) is 0.435. The maximum Gasteiger partial charge on any atom is 0.246 e. The third kappa shape index (κ3) is 9.11. The van der Waals surface area contributed by atoms with Crippen molar-refractivity contribution in [2.75, 3.05) is 17.9 Å². The van der Waals surface area contributed by atoms with Crippen molar-refractivity contribution < 1.29 is 32.4 Å². The molecular formula is C23H30N4O7S2. The molecular weight excluding hydrogens is 508 g/mol. The Morgan fingerprint density at radius 1 is 1.14 bits per heavy atom. The lowest BCUT2D eigenvalue weighted by atomic mass is 10.0. The van der Waals surface area contributed by atoms with Gasteiger partial charge < -0.3 is 20.3 Å². The molecule has 1 heterocycles. The monoisotopic (exact) mass is 538 g/mol. The van der Waals surface area contributed by atoms with E-state index < -0.39 is 58.2 Å². The van der Waals surface area contributed by atoms with Crippen molar-refractivity contribution in [1.82, 2.24) is 20.3 Å². The fourth-order valence-electron chi connectivity index (χ4n) is 3.37. The average Bonchev–Trinajstić information content (AvgIpc) is 3.29. The van der Waals surface area contributed by atoms with Crippen LogP contribution in [0.1, 0.15) is 25.8 Å². The molecule has 13 heteroatoms. The van der Waals surface area contributed by atoms with E-state index in [1.807, 2.05) is 30.3 Å². The second kappa shape index (κ2) is 13.2. The number of carbonyl (C=O) groups is 5. The molecule has 0 aliphatic carbocycles. The number of sulfonamides is 1. The molecule has 3 atom stereocenters. The first-order chi connectivity index (χ1) is 16.9. The highest BCUT2D eigenvalue weighted by molar-refractivity contribution is 7.99. The average molecular weight is 539 g/mol. The normalized spacial score (nSPS) is 17.4. The van der Waals surface area contributed by atoms with E-state index in [1.165, 1.54) is 22.7 Å². The molecule has 0 aromatic heterocycles. The molecule has 1 aromatic rings. The van der Waals surface area contributed by atoms with Crippen molar-refractivity contribution in [3.8, 4) is 0 Å². The number of nitrogens with one attached hydrogen (secondary N) is 3. The molecule has 2 rings (SSSR count). The van der Waals surface area contributed by atoms with E-state index in [4.69, 9.17) is 0 Å². The molecule has 11 nitrogen and oxygen atoms in total. The van der Waals surface area contributed by atoms with Gasteiger partial charge in [-0.25, -0.2) is 8.42 Å². The third-order valence-electron chi connectivity index (χ3n) is 5.12. The zero-order valence-electron chi connectivity index (χ0n) is 20.2. The van der Waals surface area contributed by atoms with Crippen molar-refractivity contribution in [1.29, 1.82) is 0 Å². The summed E-state index contributed by atoms with van der Waals surface area (Å²) in [7, 11) is -3.81. The SMILES string of the molecule is CC(C)[C@H](NC(=O)/C=C/c1ccccc1)C(=O)N1CSC[C@H]1C(=O)N[C@H](C=O)CC(=O)NS(C)(=O)=O. The van der Waals surface area contributed by atoms with Crippen LogP contribution in [-0.2, 0) is 34.0 Å². The molecule has 1 fully saturated rings. The number of aldehydes is 1. The van der Waals surface area contributed by atoms with Gasteiger partial charge in [-0.05, 0) is 17.6 Å². The second-order valence-electron chi connectivity index (χ2n) is 8.55. The maximum atomic E-state index is 13.3. The Labute approximate surface area is 214 Å². The zero-order valence-corrected chi connectivity index (χ0v) is 21.8. The lowest BCUT2D eigenvalue weighted by molar-refractivity contribution is -0.142. The molecule has 0 saturated carbocycles. The molecule has 0 unspecified atom stereocenters. The van der Waals surface area contributed by atoms with Crippen molar-refractivity contribution in [2.45, 2.75) is 38.4 Å². The highest BCUT2D eigenvalue weighted by Crippen LogP contribution is 2.23. The molecule has 1 aliphatic heterocycles. The summed E-state index contributed by atoms with van der Waals surface area (Å²) in [5, 5.41) is 5.09. The van der Waals surface area contributed by atoms with Gasteiger partial charge in [-0.15, -0.1) is 11.8 Å². The van der Waals surface area contributed by atoms with E-state index in [9.17, 15) is 32.4 Å². The van der Waals surface area contributed by atoms with Crippen LogP contribution in [0.25, 0.3) is 6.08 Å². The minimum atomic E-state index is -3.81. The first-order valence-corrected chi connectivity index (χ1v) is 14.1. The fourth-order valence-corrected chi connectivity index (χ4v) is 5.03. The molecule has 1 aromatic carbocycles. The Bertz CT molecular complexity index is 1110. The van der Waals surface area contributed by atoms with Crippen LogP contribution in [0.2, 0.25) is 0 Å². The first kappa shape index (κ1) is 29.0. The Balaban J connectivity index is 2.05. The molecule has 0 radical (unpaired) electrons. The summed E-state index contributed by atoms with van der Waals surface area (Å²) in [6.45, 7) is 3.54. The lowest BCUT2D eigenvalue weighted by Gasteiger charge is -2.30. The largest absolute Gasteiger partial charge is 0.344 e. The summed E-state index contributed by atoms with van der Waals surface area (Å²) in [6, 6.07) is 6.09. The molecule has 1 saturated heterocycles. The molecule has 1 aliphatic rings. The number of rotatable bonds is 11. The van der Waals surface area contributed by atoms with E-state index in [-0.39, 0.29) is 17.5 Å². The first-order valence-electron chi connectivity index (χ1n) is 11.1. The Hall–Kier alpha value is -3.19. The zero-order chi connectivity index (χ0) is 26.9. The van der Waals surface area contributed by atoms with E-state index in [2.05, 4.69) is 10.6 Å². The Morgan fingerprint density at radius 2 is 1.81 bits per heavy atom. The van der Waals surface area contributed by atoms with E-state index in [0.717, 1.165) is 11.8 Å². The van der Waals surface area contributed by atoms with Crippen LogP contribution in [0, 0.1) is 5.92 Å². The predicted molar refractivity (Wildman–Crippen MR) is 136 cm³/mol. The summed E-state index contributed by atoms with van der Waals surface area (Å²) in [6.07, 6.45) is 3.49. The molecule has 3 N–H and O–H groups in total. The second-order valence-corrected chi connectivity index (χ2v) is 11.3. The maximum absolute atomic E-state index is 13.3. The van der Waals surface area contributed by atoms with Crippen molar-refractivity contribution >= 4 is 57.8 Å². The standard InChI is InChI=1S/C23H30N4O7S2/c1-15(2)21(25-19(29)10-9-16-7-5-4-6-8-16)23(32)27-14-35-13-18(27)22(31)24-17(12-28)11-20(30)26-36(3,33)34/h4-10,12,15,17-18,21H,11,13-14H2,1-3H3,(H,24,31)(H,25,29)(H,26,30)/b10-9+/t17-,18-,21-/m0/s1. The number of hydrogen-bond donors (Lipinski definition) is 3. The molecule has 0 spiro atoms. The quantitative estimate of drug-likeness (QED) is 0.260. The summed E-state index contributed by atoms with van der Waals surface area (Å²) in [4.78, 5) is 63.1. The number of hydrogen-bond acceptors (Lipinski definition) is 8. The number of carbonyl (C=O) groups excluding carboxylic acids is 5. The minimum Gasteiger partial charge on any atom is -0.344 e. The van der Waals surface area contributed by atoms with Crippen molar-refractivity contribution in [3.63, 3.8) is 0 Å². The summed E-state index contributed by atoms with van der Waals surface area (Å²) in [5.74, 6) is -2.33. The van der Waals surface area contributed by atoms with E-state index >= 15 is 0 Å². The smallest absolute Gasteiger partial charge is 0.246 e. The van der Waals surface area contributed by atoms with Gasteiger partial charge in [0.15, 0.2) is 0 Å². The van der Waals surface area contributed by atoms with Gasteiger partial charge in [0, 0.05) is 11.8 Å². The van der Waals surface area contributed by atoms with Crippen LogP contribution in [0.5, 0.6) is 0 Å². The molecule has 0 bridgehead atoms. The van der Waals surface area contributed by atoms with Gasteiger partial charge >= 0.3 is 0 Å². The van der Waals surface area contributed by atoms with Crippen LogP contribution in [0.3, 0.4) is 0 Å². The molecule has 36 heavy (non-hydrogen) atoms. The van der Waals surface area contributed by atoms with Gasteiger partial charge in [0.1, 0.15) is 18.4 Å². The Morgan fingerprint density at radius 3 is 2.39 bits per heavy atom.